The second-order valence-corrected chi connectivity index (χ2v) is 7.25. The van der Waals surface area contributed by atoms with Gasteiger partial charge in [0, 0.05) is 19.5 Å². The molecule has 0 spiro atoms. The molecule has 1 atom stereocenters. The number of nitrogens with one attached hydrogen (secondary N) is 2. The molecule has 1 fully saturated rings. The van der Waals surface area contributed by atoms with Crippen molar-refractivity contribution in [2.24, 2.45) is 0 Å². The summed E-state index contributed by atoms with van der Waals surface area (Å²) in [4.78, 5) is 49.0. The van der Waals surface area contributed by atoms with E-state index in [1.807, 2.05) is 60.7 Å². The van der Waals surface area contributed by atoms with Crippen molar-refractivity contribution in [1.29, 1.82) is 0 Å². The van der Waals surface area contributed by atoms with Crippen LogP contribution in [-0.2, 0) is 32.1 Å². The van der Waals surface area contributed by atoms with Crippen molar-refractivity contribution < 1.29 is 23.9 Å². The molecule has 1 heterocycles. The van der Waals surface area contributed by atoms with E-state index in [9.17, 15) is 19.2 Å². The molecular formula is C23H25N3O5. The van der Waals surface area contributed by atoms with Crippen LogP contribution in [0.3, 0.4) is 0 Å². The highest BCUT2D eigenvalue weighted by Gasteiger charge is 2.29. The zero-order valence-electron chi connectivity index (χ0n) is 17.1. The van der Waals surface area contributed by atoms with Crippen LogP contribution in [-0.4, -0.2) is 47.9 Å². The number of ether oxygens (including phenoxy) is 1. The van der Waals surface area contributed by atoms with E-state index in [4.69, 9.17) is 4.74 Å². The molecule has 0 aliphatic carbocycles. The standard InChI is InChI=1S/C23H25N3O5/c27-20(16-31-21(28)12-11-19-22(29)25-23(30)24-19)26(15-18-9-5-2-6-10-18)14-13-17-7-3-1-4-8-17/h1-10,19H,11-16H2,(H2,24,25,29,30)/t19-/m1/s1. The number of urea groups is 1. The summed E-state index contributed by atoms with van der Waals surface area (Å²) >= 11 is 0. The van der Waals surface area contributed by atoms with E-state index in [0.717, 1.165) is 11.1 Å². The number of imide groups is 1. The van der Waals surface area contributed by atoms with E-state index in [1.165, 1.54) is 0 Å². The van der Waals surface area contributed by atoms with Gasteiger partial charge in [0.1, 0.15) is 6.04 Å². The van der Waals surface area contributed by atoms with Crippen LogP contribution < -0.4 is 10.6 Å². The number of hydrogen-bond acceptors (Lipinski definition) is 5. The fraction of sp³-hybridized carbons (Fsp3) is 0.304. The lowest BCUT2D eigenvalue weighted by atomic mass is 10.1. The molecular weight excluding hydrogens is 398 g/mol. The Hall–Kier alpha value is -3.68. The summed E-state index contributed by atoms with van der Waals surface area (Å²) in [6.07, 6.45) is 0.727. The highest BCUT2D eigenvalue weighted by Crippen LogP contribution is 2.09. The maximum absolute atomic E-state index is 12.8. The van der Waals surface area contributed by atoms with Gasteiger partial charge in [-0.15, -0.1) is 0 Å². The second kappa shape index (κ2) is 10.9. The summed E-state index contributed by atoms with van der Waals surface area (Å²) in [5.41, 5.74) is 2.10. The number of carbonyl (C=O) groups is 4. The quantitative estimate of drug-likeness (QED) is 0.448. The smallest absolute Gasteiger partial charge is 0.322 e. The Morgan fingerprint density at radius 2 is 1.58 bits per heavy atom. The minimum absolute atomic E-state index is 0.0751. The topological polar surface area (TPSA) is 105 Å². The first kappa shape index (κ1) is 22.0. The summed E-state index contributed by atoms with van der Waals surface area (Å²) in [7, 11) is 0. The molecule has 4 amide bonds. The molecule has 0 aromatic heterocycles. The molecule has 0 unspecified atom stereocenters. The van der Waals surface area contributed by atoms with Crippen LogP contribution in [0.4, 0.5) is 4.79 Å². The van der Waals surface area contributed by atoms with Gasteiger partial charge >= 0.3 is 12.0 Å². The van der Waals surface area contributed by atoms with E-state index in [1.54, 1.807) is 4.90 Å². The fourth-order valence-corrected chi connectivity index (χ4v) is 3.23. The molecule has 2 aromatic carbocycles. The van der Waals surface area contributed by atoms with Crippen molar-refractivity contribution >= 4 is 23.8 Å². The molecule has 8 heteroatoms. The number of benzene rings is 2. The van der Waals surface area contributed by atoms with Gasteiger partial charge in [-0.25, -0.2) is 4.79 Å². The zero-order valence-corrected chi connectivity index (χ0v) is 17.1. The summed E-state index contributed by atoms with van der Waals surface area (Å²) in [6.45, 7) is 0.533. The third kappa shape index (κ3) is 6.95. The molecule has 162 valence electrons. The summed E-state index contributed by atoms with van der Waals surface area (Å²) in [5.74, 6) is -1.35. The summed E-state index contributed by atoms with van der Waals surface area (Å²) < 4.78 is 5.12. The molecule has 1 aliphatic rings. The zero-order chi connectivity index (χ0) is 22.1. The Labute approximate surface area is 180 Å². The highest BCUT2D eigenvalue weighted by molar-refractivity contribution is 6.04. The molecule has 3 rings (SSSR count). The summed E-state index contributed by atoms with van der Waals surface area (Å²) in [5, 5.41) is 4.52. The molecule has 1 aliphatic heterocycles. The van der Waals surface area contributed by atoms with Gasteiger partial charge in [0.25, 0.3) is 11.8 Å². The lowest BCUT2D eigenvalue weighted by molar-refractivity contribution is -0.152. The van der Waals surface area contributed by atoms with Crippen LogP contribution in [0.25, 0.3) is 0 Å². The first-order chi connectivity index (χ1) is 15.0. The normalized spacial score (nSPS) is 15.2. The molecule has 0 saturated carbocycles. The number of nitrogens with zero attached hydrogens (tertiary/aromatic N) is 1. The number of amides is 4. The van der Waals surface area contributed by atoms with Crippen LogP contribution >= 0.6 is 0 Å². The largest absolute Gasteiger partial charge is 0.456 e. The van der Waals surface area contributed by atoms with Crippen molar-refractivity contribution in [1.82, 2.24) is 15.5 Å². The summed E-state index contributed by atoms with van der Waals surface area (Å²) in [6, 6.07) is 18.1. The SMILES string of the molecule is O=C1NC(=O)[C@@H](CCC(=O)OCC(=O)N(CCc2ccccc2)Cc2ccccc2)N1. The lowest BCUT2D eigenvalue weighted by Gasteiger charge is -2.23. The predicted octanol–water partition coefficient (Wildman–Crippen LogP) is 1.79. The Kier molecular flexibility index (Phi) is 7.75. The van der Waals surface area contributed by atoms with Crippen LogP contribution in [0.15, 0.2) is 60.7 Å². The first-order valence-corrected chi connectivity index (χ1v) is 10.1. The van der Waals surface area contributed by atoms with Crippen molar-refractivity contribution in [3.05, 3.63) is 71.8 Å². The third-order valence-corrected chi connectivity index (χ3v) is 4.93. The molecule has 2 aromatic rings. The Balaban J connectivity index is 1.51. The lowest BCUT2D eigenvalue weighted by Crippen LogP contribution is -2.36. The van der Waals surface area contributed by atoms with E-state index >= 15 is 0 Å². The van der Waals surface area contributed by atoms with Crippen molar-refractivity contribution in [2.75, 3.05) is 13.2 Å². The molecule has 8 nitrogen and oxygen atoms in total. The van der Waals surface area contributed by atoms with Crippen LogP contribution in [0.5, 0.6) is 0 Å². The van der Waals surface area contributed by atoms with E-state index < -0.39 is 23.9 Å². The van der Waals surface area contributed by atoms with Gasteiger partial charge in [0.05, 0.1) is 0 Å². The molecule has 2 N–H and O–H groups in total. The van der Waals surface area contributed by atoms with E-state index in [0.29, 0.717) is 19.5 Å². The Morgan fingerprint density at radius 1 is 0.935 bits per heavy atom. The van der Waals surface area contributed by atoms with Crippen molar-refractivity contribution in [3.8, 4) is 0 Å². The number of hydrogen-bond donors (Lipinski definition) is 2. The highest BCUT2D eigenvalue weighted by atomic mass is 16.5. The van der Waals surface area contributed by atoms with Crippen molar-refractivity contribution in [3.63, 3.8) is 0 Å². The second-order valence-electron chi connectivity index (χ2n) is 7.25. The minimum atomic E-state index is -0.754. The Bertz CT molecular complexity index is 917. The molecule has 31 heavy (non-hydrogen) atoms. The number of carbonyl (C=O) groups excluding carboxylic acids is 4. The van der Waals surface area contributed by atoms with Gasteiger partial charge in [-0.05, 0) is 24.0 Å². The number of esters is 1. The van der Waals surface area contributed by atoms with Crippen molar-refractivity contribution in [2.45, 2.75) is 31.8 Å². The van der Waals surface area contributed by atoms with Crippen LogP contribution in [0.2, 0.25) is 0 Å². The molecule has 0 radical (unpaired) electrons. The first-order valence-electron chi connectivity index (χ1n) is 10.1. The van der Waals surface area contributed by atoms with Gasteiger partial charge in [-0.3, -0.25) is 19.7 Å². The third-order valence-electron chi connectivity index (χ3n) is 4.93. The van der Waals surface area contributed by atoms with Gasteiger partial charge in [0.2, 0.25) is 0 Å². The monoisotopic (exact) mass is 423 g/mol. The predicted molar refractivity (Wildman–Crippen MR) is 113 cm³/mol. The van der Waals surface area contributed by atoms with Crippen LogP contribution in [0.1, 0.15) is 24.0 Å². The maximum atomic E-state index is 12.8. The molecule has 1 saturated heterocycles. The maximum Gasteiger partial charge on any atom is 0.322 e. The average molecular weight is 423 g/mol. The van der Waals surface area contributed by atoms with E-state index in [-0.39, 0.29) is 25.4 Å². The van der Waals surface area contributed by atoms with Gasteiger partial charge in [-0.2, -0.15) is 0 Å². The molecule has 0 bridgehead atoms. The van der Waals surface area contributed by atoms with E-state index in [2.05, 4.69) is 10.6 Å². The van der Waals surface area contributed by atoms with Gasteiger partial charge in [-0.1, -0.05) is 60.7 Å². The average Bonchev–Trinajstić information content (AvgIpc) is 3.11. The van der Waals surface area contributed by atoms with Gasteiger partial charge < -0.3 is 15.0 Å². The Morgan fingerprint density at radius 3 is 2.19 bits per heavy atom. The van der Waals surface area contributed by atoms with Gasteiger partial charge in [0.15, 0.2) is 6.61 Å². The minimum Gasteiger partial charge on any atom is -0.456 e. The fourth-order valence-electron chi connectivity index (χ4n) is 3.23. The van der Waals surface area contributed by atoms with Crippen LogP contribution in [0, 0.1) is 0 Å². The number of rotatable bonds is 10.